The van der Waals surface area contributed by atoms with Crippen LogP contribution in [0.15, 0.2) is 46.9 Å². The van der Waals surface area contributed by atoms with E-state index in [9.17, 15) is 9.59 Å². The van der Waals surface area contributed by atoms with Crippen LogP contribution in [0.3, 0.4) is 0 Å². The predicted octanol–water partition coefficient (Wildman–Crippen LogP) is 4.69. The Kier molecular flexibility index (Phi) is 8.60. The SMILES string of the molecule is CCC(C(=O)NC)N(Cc1ccc(Cl)c(Cl)c1)C(=O)COc1ccc(Br)cc1. The summed E-state index contributed by atoms with van der Waals surface area (Å²) >= 11 is 15.4. The van der Waals surface area contributed by atoms with Crippen LogP contribution in [0.5, 0.6) is 5.75 Å². The monoisotopic (exact) mass is 486 g/mol. The van der Waals surface area contributed by atoms with E-state index in [0.717, 1.165) is 10.0 Å². The minimum Gasteiger partial charge on any atom is -0.484 e. The van der Waals surface area contributed by atoms with Gasteiger partial charge in [0, 0.05) is 18.1 Å². The van der Waals surface area contributed by atoms with Crippen molar-refractivity contribution in [3.63, 3.8) is 0 Å². The molecule has 0 fully saturated rings. The van der Waals surface area contributed by atoms with Gasteiger partial charge in [-0.25, -0.2) is 0 Å². The van der Waals surface area contributed by atoms with Gasteiger partial charge in [0.2, 0.25) is 5.91 Å². The Bertz CT molecular complexity index is 831. The first kappa shape index (κ1) is 22.5. The van der Waals surface area contributed by atoms with Gasteiger partial charge in [0.15, 0.2) is 6.61 Å². The summed E-state index contributed by atoms with van der Waals surface area (Å²) in [5.41, 5.74) is 0.772. The van der Waals surface area contributed by atoms with E-state index in [1.807, 2.05) is 19.1 Å². The van der Waals surface area contributed by atoms with Crippen LogP contribution in [0.2, 0.25) is 10.0 Å². The molecule has 0 saturated carbocycles. The fraction of sp³-hybridized carbons (Fsp3) is 0.300. The van der Waals surface area contributed by atoms with Crippen molar-refractivity contribution in [2.45, 2.75) is 25.9 Å². The molecule has 0 heterocycles. The van der Waals surface area contributed by atoms with Gasteiger partial charge in [0.25, 0.3) is 5.91 Å². The van der Waals surface area contributed by atoms with Gasteiger partial charge in [-0.2, -0.15) is 0 Å². The molecule has 0 saturated heterocycles. The Morgan fingerprint density at radius 1 is 1.14 bits per heavy atom. The van der Waals surface area contributed by atoms with Crippen molar-refractivity contribution in [2.24, 2.45) is 0 Å². The van der Waals surface area contributed by atoms with Gasteiger partial charge in [0.1, 0.15) is 11.8 Å². The summed E-state index contributed by atoms with van der Waals surface area (Å²) in [6, 6.07) is 11.7. The molecule has 0 aliphatic heterocycles. The molecule has 2 rings (SSSR count). The summed E-state index contributed by atoms with van der Waals surface area (Å²) in [6.45, 7) is 1.88. The Morgan fingerprint density at radius 3 is 2.39 bits per heavy atom. The van der Waals surface area contributed by atoms with Gasteiger partial charge in [-0.15, -0.1) is 0 Å². The van der Waals surface area contributed by atoms with E-state index in [1.165, 1.54) is 4.90 Å². The van der Waals surface area contributed by atoms with Crippen LogP contribution in [-0.4, -0.2) is 36.4 Å². The third kappa shape index (κ3) is 6.12. The molecule has 0 spiro atoms. The Balaban J connectivity index is 2.20. The average Bonchev–Trinajstić information content (AvgIpc) is 2.69. The molecule has 0 aromatic heterocycles. The third-order valence-corrected chi connectivity index (χ3v) is 5.41. The number of likely N-dealkylation sites (N-methyl/N-ethyl adjacent to an activating group) is 1. The van der Waals surface area contributed by atoms with Crippen LogP contribution in [0.4, 0.5) is 0 Å². The molecule has 2 aromatic carbocycles. The minimum absolute atomic E-state index is 0.184. The average molecular weight is 488 g/mol. The molecule has 2 amide bonds. The van der Waals surface area contributed by atoms with Crippen molar-refractivity contribution in [3.05, 3.63) is 62.5 Å². The highest BCUT2D eigenvalue weighted by molar-refractivity contribution is 9.10. The number of halogens is 3. The maximum absolute atomic E-state index is 12.9. The number of rotatable bonds is 8. The quantitative estimate of drug-likeness (QED) is 0.587. The van der Waals surface area contributed by atoms with E-state index in [2.05, 4.69) is 21.2 Å². The second-order valence-electron chi connectivity index (χ2n) is 6.05. The van der Waals surface area contributed by atoms with Gasteiger partial charge < -0.3 is 15.0 Å². The van der Waals surface area contributed by atoms with Crippen LogP contribution in [0.1, 0.15) is 18.9 Å². The van der Waals surface area contributed by atoms with Crippen molar-refractivity contribution in [3.8, 4) is 5.75 Å². The summed E-state index contributed by atoms with van der Waals surface area (Å²) in [5, 5.41) is 3.44. The number of hydrogen-bond donors (Lipinski definition) is 1. The lowest BCUT2D eigenvalue weighted by Gasteiger charge is -2.30. The molecule has 2 aromatic rings. The molecule has 8 heteroatoms. The summed E-state index contributed by atoms with van der Waals surface area (Å²) in [5.74, 6) is 0.0306. The third-order valence-electron chi connectivity index (χ3n) is 4.15. The maximum atomic E-state index is 12.9. The molecule has 0 aliphatic rings. The lowest BCUT2D eigenvalue weighted by molar-refractivity contribution is -0.142. The Hall–Kier alpha value is -1.76. The largest absolute Gasteiger partial charge is 0.484 e. The van der Waals surface area contributed by atoms with E-state index in [1.54, 1.807) is 37.4 Å². The van der Waals surface area contributed by atoms with E-state index in [0.29, 0.717) is 22.2 Å². The number of ether oxygens (including phenoxy) is 1. The second-order valence-corrected chi connectivity index (χ2v) is 7.78. The molecule has 1 atom stereocenters. The zero-order valence-electron chi connectivity index (χ0n) is 15.5. The first-order chi connectivity index (χ1) is 13.3. The van der Waals surface area contributed by atoms with Crippen molar-refractivity contribution in [1.29, 1.82) is 0 Å². The Labute approximate surface area is 183 Å². The van der Waals surface area contributed by atoms with E-state index < -0.39 is 6.04 Å². The molecule has 0 bridgehead atoms. The molecular weight excluding hydrogens is 467 g/mol. The number of amides is 2. The number of nitrogens with one attached hydrogen (secondary N) is 1. The number of benzene rings is 2. The molecule has 5 nitrogen and oxygen atoms in total. The predicted molar refractivity (Wildman–Crippen MR) is 115 cm³/mol. The van der Waals surface area contributed by atoms with E-state index in [4.69, 9.17) is 27.9 Å². The molecule has 1 N–H and O–H groups in total. The molecule has 1 unspecified atom stereocenters. The molecule has 0 aliphatic carbocycles. The van der Waals surface area contributed by atoms with Crippen molar-refractivity contribution in [2.75, 3.05) is 13.7 Å². The van der Waals surface area contributed by atoms with Crippen molar-refractivity contribution < 1.29 is 14.3 Å². The van der Waals surface area contributed by atoms with Crippen LogP contribution < -0.4 is 10.1 Å². The van der Waals surface area contributed by atoms with Gasteiger partial charge in [0.05, 0.1) is 10.0 Å². The fourth-order valence-electron chi connectivity index (χ4n) is 2.68. The summed E-state index contributed by atoms with van der Waals surface area (Å²) in [4.78, 5) is 26.7. The van der Waals surface area contributed by atoms with Crippen LogP contribution in [-0.2, 0) is 16.1 Å². The smallest absolute Gasteiger partial charge is 0.261 e. The fourth-order valence-corrected chi connectivity index (χ4v) is 3.26. The van der Waals surface area contributed by atoms with Crippen LogP contribution >= 0.6 is 39.1 Å². The number of carbonyl (C=O) groups excluding carboxylic acids is 2. The van der Waals surface area contributed by atoms with Crippen molar-refractivity contribution >= 4 is 50.9 Å². The number of hydrogen-bond acceptors (Lipinski definition) is 3. The highest BCUT2D eigenvalue weighted by Gasteiger charge is 2.28. The molecular formula is C20H21BrCl2N2O3. The first-order valence-electron chi connectivity index (χ1n) is 8.69. The van der Waals surface area contributed by atoms with E-state index in [-0.39, 0.29) is 25.0 Å². The van der Waals surface area contributed by atoms with Gasteiger partial charge in [-0.3, -0.25) is 9.59 Å². The van der Waals surface area contributed by atoms with Gasteiger partial charge in [-0.05, 0) is 48.4 Å². The topological polar surface area (TPSA) is 58.6 Å². The van der Waals surface area contributed by atoms with Crippen LogP contribution in [0, 0.1) is 0 Å². The molecule has 28 heavy (non-hydrogen) atoms. The highest BCUT2D eigenvalue weighted by atomic mass is 79.9. The maximum Gasteiger partial charge on any atom is 0.261 e. The van der Waals surface area contributed by atoms with Gasteiger partial charge in [-0.1, -0.05) is 52.1 Å². The lowest BCUT2D eigenvalue weighted by Crippen LogP contribution is -2.49. The van der Waals surface area contributed by atoms with E-state index >= 15 is 0 Å². The standard InChI is InChI=1S/C20H21BrCl2N2O3/c1-3-18(20(27)24-2)25(11-13-4-9-16(22)17(23)10-13)19(26)12-28-15-7-5-14(21)6-8-15/h4-10,18H,3,11-12H2,1-2H3,(H,24,27). The van der Waals surface area contributed by atoms with Crippen LogP contribution in [0.25, 0.3) is 0 Å². The summed E-state index contributed by atoms with van der Waals surface area (Å²) < 4.78 is 6.52. The minimum atomic E-state index is -0.625. The summed E-state index contributed by atoms with van der Waals surface area (Å²) in [7, 11) is 1.55. The zero-order chi connectivity index (χ0) is 20.7. The number of nitrogens with zero attached hydrogens (tertiary/aromatic N) is 1. The highest BCUT2D eigenvalue weighted by Crippen LogP contribution is 2.24. The first-order valence-corrected chi connectivity index (χ1v) is 10.2. The summed E-state index contributed by atoms with van der Waals surface area (Å²) in [6.07, 6.45) is 0.463. The van der Waals surface area contributed by atoms with Crippen molar-refractivity contribution in [1.82, 2.24) is 10.2 Å². The molecule has 0 radical (unpaired) electrons. The van der Waals surface area contributed by atoms with Gasteiger partial charge >= 0.3 is 0 Å². The Morgan fingerprint density at radius 2 is 1.82 bits per heavy atom. The second kappa shape index (κ2) is 10.7. The molecule has 150 valence electrons. The number of carbonyl (C=O) groups is 2. The zero-order valence-corrected chi connectivity index (χ0v) is 18.6. The lowest BCUT2D eigenvalue weighted by atomic mass is 10.1. The normalized spacial score (nSPS) is 11.6.